The van der Waals surface area contributed by atoms with Gasteiger partial charge in [0.05, 0.1) is 14.9 Å². The predicted molar refractivity (Wildman–Crippen MR) is 85.6 cm³/mol. The molecule has 0 saturated heterocycles. The standard InChI is InChI=1S/C13H9ClINOS/c14-13-6-5-12(18-13)11(17)7-8-16-10-4-2-1-3-9(10)15/h1-8,16H. The van der Waals surface area contributed by atoms with E-state index in [4.69, 9.17) is 11.6 Å². The number of allylic oxidation sites excluding steroid dienone is 1. The summed E-state index contributed by atoms with van der Waals surface area (Å²) in [5, 5.41) is 3.08. The number of benzene rings is 1. The van der Waals surface area contributed by atoms with E-state index in [1.54, 1.807) is 18.3 Å². The molecule has 18 heavy (non-hydrogen) atoms. The van der Waals surface area contributed by atoms with Crippen molar-refractivity contribution >= 4 is 57.0 Å². The van der Waals surface area contributed by atoms with Gasteiger partial charge in [0.15, 0.2) is 5.78 Å². The third-order valence-corrected chi connectivity index (χ3v) is 4.35. The Bertz CT molecular complexity index is 594. The highest BCUT2D eigenvalue weighted by atomic mass is 127. The molecule has 5 heteroatoms. The van der Waals surface area contributed by atoms with Gasteiger partial charge < -0.3 is 5.32 Å². The lowest BCUT2D eigenvalue weighted by molar-refractivity contribution is 0.105. The van der Waals surface area contributed by atoms with Crippen molar-refractivity contribution in [2.45, 2.75) is 0 Å². The smallest absolute Gasteiger partial charge is 0.197 e. The van der Waals surface area contributed by atoms with Crippen LogP contribution in [-0.2, 0) is 0 Å². The van der Waals surface area contributed by atoms with Gasteiger partial charge in [0.25, 0.3) is 0 Å². The zero-order chi connectivity index (χ0) is 13.0. The number of ketones is 1. The van der Waals surface area contributed by atoms with Gasteiger partial charge in [-0.2, -0.15) is 0 Å². The van der Waals surface area contributed by atoms with Crippen molar-refractivity contribution in [3.05, 3.63) is 61.5 Å². The van der Waals surface area contributed by atoms with Crippen LogP contribution in [-0.4, -0.2) is 5.78 Å². The zero-order valence-electron chi connectivity index (χ0n) is 9.19. The van der Waals surface area contributed by atoms with Gasteiger partial charge in [-0.1, -0.05) is 23.7 Å². The Hall–Kier alpha value is -0.850. The number of hydrogen-bond acceptors (Lipinski definition) is 3. The van der Waals surface area contributed by atoms with Crippen LogP contribution in [0.2, 0.25) is 4.34 Å². The summed E-state index contributed by atoms with van der Waals surface area (Å²) in [4.78, 5) is 12.4. The number of halogens is 2. The average Bonchev–Trinajstić information content (AvgIpc) is 2.78. The fraction of sp³-hybridized carbons (Fsp3) is 0. The number of carbonyl (C=O) groups is 1. The van der Waals surface area contributed by atoms with Gasteiger partial charge in [0.1, 0.15) is 0 Å². The van der Waals surface area contributed by atoms with Crippen molar-refractivity contribution < 1.29 is 4.79 Å². The normalized spacial score (nSPS) is 10.8. The minimum absolute atomic E-state index is 0.0506. The van der Waals surface area contributed by atoms with E-state index in [9.17, 15) is 4.79 Å². The fourth-order valence-corrected chi connectivity index (χ4v) is 2.82. The third-order valence-electron chi connectivity index (χ3n) is 2.16. The monoisotopic (exact) mass is 389 g/mol. The summed E-state index contributed by atoms with van der Waals surface area (Å²) in [6.07, 6.45) is 3.15. The summed E-state index contributed by atoms with van der Waals surface area (Å²) in [5.41, 5.74) is 0.978. The summed E-state index contributed by atoms with van der Waals surface area (Å²) in [6.45, 7) is 0. The largest absolute Gasteiger partial charge is 0.361 e. The Balaban J connectivity index is 2.00. The summed E-state index contributed by atoms with van der Waals surface area (Å²) in [7, 11) is 0. The minimum atomic E-state index is -0.0506. The van der Waals surface area contributed by atoms with Gasteiger partial charge in [-0.05, 0) is 46.9 Å². The van der Waals surface area contributed by atoms with Gasteiger partial charge in [-0.25, -0.2) is 0 Å². The molecule has 92 valence electrons. The highest BCUT2D eigenvalue weighted by Crippen LogP contribution is 2.22. The highest BCUT2D eigenvalue weighted by molar-refractivity contribution is 14.1. The zero-order valence-corrected chi connectivity index (χ0v) is 12.9. The van der Waals surface area contributed by atoms with Crippen LogP contribution >= 0.6 is 45.5 Å². The van der Waals surface area contributed by atoms with Crippen molar-refractivity contribution in [1.29, 1.82) is 0 Å². The lowest BCUT2D eigenvalue weighted by Gasteiger charge is -2.02. The van der Waals surface area contributed by atoms with Gasteiger partial charge in [-0.3, -0.25) is 4.79 Å². The molecule has 0 spiro atoms. The van der Waals surface area contributed by atoms with Crippen molar-refractivity contribution in [1.82, 2.24) is 0 Å². The molecular formula is C13H9ClINOS. The van der Waals surface area contributed by atoms with Crippen LogP contribution in [0, 0.1) is 3.57 Å². The van der Waals surface area contributed by atoms with Gasteiger partial charge >= 0.3 is 0 Å². The first-order valence-corrected chi connectivity index (χ1v) is 7.41. The Morgan fingerprint density at radius 1 is 1.28 bits per heavy atom. The van der Waals surface area contributed by atoms with Crippen molar-refractivity contribution in [3.8, 4) is 0 Å². The number of hydrogen-bond donors (Lipinski definition) is 1. The van der Waals surface area contributed by atoms with Gasteiger partial charge in [0, 0.05) is 15.8 Å². The molecule has 2 aromatic rings. The lowest BCUT2D eigenvalue weighted by Crippen LogP contribution is -1.94. The predicted octanol–water partition coefficient (Wildman–Crippen LogP) is 4.81. The molecule has 0 aliphatic rings. The van der Waals surface area contributed by atoms with Crippen LogP contribution in [0.3, 0.4) is 0 Å². The number of nitrogens with one attached hydrogen (secondary N) is 1. The van der Waals surface area contributed by atoms with E-state index in [-0.39, 0.29) is 5.78 Å². The molecule has 1 N–H and O–H groups in total. The molecule has 0 fully saturated rings. The molecule has 0 saturated carbocycles. The summed E-state index contributed by atoms with van der Waals surface area (Å²) in [6, 6.07) is 11.3. The number of anilines is 1. The molecule has 0 unspecified atom stereocenters. The molecule has 0 bridgehead atoms. The Labute approximate surface area is 128 Å². The highest BCUT2D eigenvalue weighted by Gasteiger charge is 2.04. The first kappa shape index (κ1) is 13.6. The maximum Gasteiger partial charge on any atom is 0.197 e. The van der Waals surface area contributed by atoms with Gasteiger partial charge in [-0.15, -0.1) is 11.3 Å². The first-order chi connectivity index (χ1) is 8.66. The maximum atomic E-state index is 11.8. The van der Waals surface area contributed by atoms with E-state index in [2.05, 4.69) is 27.9 Å². The lowest BCUT2D eigenvalue weighted by atomic mass is 10.3. The Kier molecular flexibility index (Phi) is 4.79. The van der Waals surface area contributed by atoms with Crippen LogP contribution < -0.4 is 5.32 Å². The second kappa shape index (κ2) is 6.36. The molecule has 2 nitrogen and oxygen atoms in total. The Morgan fingerprint density at radius 2 is 2.06 bits per heavy atom. The van der Waals surface area contributed by atoms with E-state index in [1.807, 2.05) is 24.3 Å². The first-order valence-electron chi connectivity index (χ1n) is 5.14. The van der Waals surface area contributed by atoms with E-state index >= 15 is 0 Å². The fourth-order valence-electron chi connectivity index (χ4n) is 1.31. The molecule has 0 aliphatic carbocycles. The molecule has 1 aromatic carbocycles. The van der Waals surface area contributed by atoms with E-state index in [1.165, 1.54) is 17.4 Å². The molecule has 1 heterocycles. The average molecular weight is 390 g/mol. The molecule has 1 aromatic heterocycles. The summed E-state index contributed by atoms with van der Waals surface area (Å²) >= 11 is 9.30. The number of carbonyl (C=O) groups excluding carboxylic acids is 1. The number of thiophene rings is 1. The molecule has 2 rings (SSSR count). The van der Waals surface area contributed by atoms with Crippen LogP contribution in [0.15, 0.2) is 48.7 Å². The topological polar surface area (TPSA) is 29.1 Å². The second-order valence-corrected chi connectivity index (χ2v) is 6.30. The molecule has 0 aliphatic heterocycles. The van der Waals surface area contributed by atoms with Crippen LogP contribution in [0.1, 0.15) is 9.67 Å². The molecule has 0 amide bonds. The van der Waals surface area contributed by atoms with Crippen LogP contribution in [0.25, 0.3) is 0 Å². The quantitative estimate of drug-likeness (QED) is 0.462. The van der Waals surface area contributed by atoms with E-state index in [0.717, 1.165) is 9.26 Å². The van der Waals surface area contributed by atoms with E-state index in [0.29, 0.717) is 9.21 Å². The van der Waals surface area contributed by atoms with Crippen molar-refractivity contribution in [3.63, 3.8) is 0 Å². The van der Waals surface area contributed by atoms with Crippen molar-refractivity contribution in [2.24, 2.45) is 0 Å². The molecule has 0 atom stereocenters. The summed E-state index contributed by atoms with van der Waals surface area (Å²) in [5.74, 6) is -0.0506. The number of para-hydroxylation sites is 1. The number of rotatable bonds is 4. The van der Waals surface area contributed by atoms with E-state index < -0.39 is 0 Å². The van der Waals surface area contributed by atoms with Gasteiger partial charge in [0.2, 0.25) is 0 Å². The SMILES string of the molecule is O=C(C=CNc1ccccc1I)c1ccc(Cl)s1. The van der Waals surface area contributed by atoms with Crippen LogP contribution in [0.5, 0.6) is 0 Å². The van der Waals surface area contributed by atoms with Crippen molar-refractivity contribution in [2.75, 3.05) is 5.32 Å². The molecule has 0 radical (unpaired) electrons. The maximum absolute atomic E-state index is 11.8. The second-order valence-electron chi connectivity index (χ2n) is 3.43. The summed E-state index contributed by atoms with van der Waals surface area (Å²) < 4.78 is 1.73. The van der Waals surface area contributed by atoms with Crippen LogP contribution in [0.4, 0.5) is 5.69 Å². The molecular weight excluding hydrogens is 381 g/mol. The Morgan fingerprint density at radius 3 is 2.72 bits per heavy atom. The minimum Gasteiger partial charge on any atom is -0.361 e. The third kappa shape index (κ3) is 3.57.